The standard InChI is InChI=1S/C43H78O6/c1-4-5-27-33-40(45)34-29-24-20-16-14-18-22-26-31-36-43(47)49-41(37-44)38-48-42(46)35-30-25-21-17-13-11-9-7-6-8-10-12-15-19-23-28-32-39(2)3/h20,24,29,34,39,41,44H,4-19,21-23,25-28,30-33,35-38H2,1-3H3/b24-20-,34-29+/t41-/m0/s1. The molecule has 0 aromatic rings. The lowest BCUT2D eigenvalue weighted by atomic mass is 10.0. The molecule has 0 aliphatic rings. The molecule has 0 radical (unpaired) electrons. The zero-order valence-corrected chi connectivity index (χ0v) is 32.4. The summed E-state index contributed by atoms with van der Waals surface area (Å²) < 4.78 is 10.6. The number of unbranched alkanes of at least 4 members (excludes halogenated alkanes) is 22. The second-order valence-corrected chi connectivity index (χ2v) is 14.6. The number of ether oxygens (including phenoxy) is 2. The Balaban J connectivity index is 3.57. The molecule has 0 fully saturated rings. The van der Waals surface area contributed by atoms with E-state index in [-0.39, 0.29) is 30.9 Å². The maximum Gasteiger partial charge on any atom is 0.306 e. The summed E-state index contributed by atoms with van der Waals surface area (Å²) in [6, 6.07) is 0. The Morgan fingerprint density at radius 2 is 1.04 bits per heavy atom. The zero-order valence-electron chi connectivity index (χ0n) is 32.4. The molecule has 1 N–H and O–H groups in total. The summed E-state index contributed by atoms with van der Waals surface area (Å²) >= 11 is 0. The summed E-state index contributed by atoms with van der Waals surface area (Å²) in [5.74, 6) is 0.407. The molecule has 0 spiro atoms. The highest BCUT2D eigenvalue weighted by Gasteiger charge is 2.16. The minimum atomic E-state index is -0.798. The van der Waals surface area contributed by atoms with E-state index in [1.165, 1.54) is 89.9 Å². The van der Waals surface area contributed by atoms with Crippen LogP contribution in [-0.4, -0.2) is 42.1 Å². The van der Waals surface area contributed by atoms with Gasteiger partial charge in [-0.2, -0.15) is 0 Å². The Hall–Kier alpha value is -1.95. The van der Waals surface area contributed by atoms with Gasteiger partial charge in [-0.15, -0.1) is 0 Å². The Labute approximate surface area is 302 Å². The van der Waals surface area contributed by atoms with Crippen molar-refractivity contribution in [3.8, 4) is 0 Å². The maximum atomic E-state index is 12.2. The number of ketones is 1. The van der Waals surface area contributed by atoms with Gasteiger partial charge in [0.15, 0.2) is 11.9 Å². The van der Waals surface area contributed by atoms with Crippen LogP contribution < -0.4 is 0 Å². The molecule has 0 unspecified atom stereocenters. The number of hydrogen-bond donors (Lipinski definition) is 1. The number of rotatable bonds is 37. The first-order valence-corrected chi connectivity index (χ1v) is 20.7. The predicted molar refractivity (Wildman–Crippen MR) is 206 cm³/mol. The number of allylic oxidation sites excluding steroid dienone is 4. The van der Waals surface area contributed by atoms with E-state index in [0.29, 0.717) is 19.3 Å². The molecule has 0 saturated heterocycles. The number of aliphatic hydroxyl groups is 1. The summed E-state index contributed by atoms with van der Waals surface area (Å²) in [7, 11) is 0. The normalized spacial score (nSPS) is 12.3. The van der Waals surface area contributed by atoms with E-state index in [1.807, 2.05) is 12.2 Å². The smallest absolute Gasteiger partial charge is 0.306 e. The predicted octanol–water partition coefficient (Wildman–Crippen LogP) is 12.1. The van der Waals surface area contributed by atoms with Crippen LogP contribution in [-0.2, 0) is 23.9 Å². The van der Waals surface area contributed by atoms with Crippen molar-refractivity contribution in [3.63, 3.8) is 0 Å². The van der Waals surface area contributed by atoms with Crippen LogP contribution in [0, 0.1) is 5.92 Å². The van der Waals surface area contributed by atoms with Gasteiger partial charge in [-0.25, -0.2) is 0 Å². The molecule has 0 heterocycles. The van der Waals surface area contributed by atoms with Gasteiger partial charge in [0.05, 0.1) is 6.61 Å². The maximum absolute atomic E-state index is 12.2. The SMILES string of the molecule is CCCCCC(=O)/C=C/C=C\CCCCCCCC(=O)O[C@@H](CO)COC(=O)CCCCCCCCCCCCCCCCCCC(C)C. The Morgan fingerprint density at radius 1 is 0.571 bits per heavy atom. The number of carbonyl (C=O) groups excluding carboxylic acids is 3. The fraction of sp³-hybridized carbons (Fsp3) is 0.837. The molecular weight excluding hydrogens is 612 g/mol. The molecular formula is C43H78O6. The molecule has 6 nitrogen and oxygen atoms in total. The molecule has 1 atom stereocenters. The van der Waals surface area contributed by atoms with Gasteiger partial charge in [-0.05, 0) is 44.1 Å². The van der Waals surface area contributed by atoms with Crippen LogP contribution in [0.4, 0.5) is 0 Å². The summed E-state index contributed by atoms with van der Waals surface area (Å²) in [5.41, 5.74) is 0. The quantitative estimate of drug-likeness (QED) is 0.0302. The molecule has 0 aromatic heterocycles. The molecule has 0 aliphatic carbocycles. The molecule has 0 amide bonds. The summed E-state index contributed by atoms with van der Waals surface area (Å²) in [6.07, 6.45) is 39.3. The van der Waals surface area contributed by atoms with Gasteiger partial charge in [-0.3, -0.25) is 14.4 Å². The fourth-order valence-corrected chi connectivity index (χ4v) is 5.96. The molecule has 0 aliphatic heterocycles. The monoisotopic (exact) mass is 691 g/mol. The summed E-state index contributed by atoms with van der Waals surface area (Å²) in [4.78, 5) is 36.0. The van der Waals surface area contributed by atoms with Crippen molar-refractivity contribution in [2.45, 2.75) is 213 Å². The zero-order chi connectivity index (χ0) is 36.0. The molecule has 286 valence electrons. The first-order chi connectivity index (χ1) is 23.9. The Morgan fingerprint density at radius 3 is 1.55 bits per heavy atom. The van der Waals surface area contributed by atoms with E-state index >= 15 is 0 Å². The van der Waals surface area contributed by atoms with Gasteiger partial charge in [-0.1, -0.05) is 174 Å². The summed E-state index contributed by atoms with van der Waals surface area (Å²) in [6.45, 7) is 6.33. The van der Waals surface area contributed by atoms with Crippen molar-refractivity contribution in [2.24, 2.45) is 5.92 Å². The van der Waals surface area contributed by atoms with E-state index < -0.39 is 6.10 Å². The van der Waals surface area contributed by atoms with Crippen LogP contribution in [0.25, 0.3) is 0 Å². The van der Waals surface area contributed by atoms with Crippen LogP contribution in [0.3, 0.4) is 0 Å². The average molecular weight is 691 g/mol. The third-order valence-corrected chi connectivity index (χ3v) is 9.15. The van der Waals surface area contributed by atoms with E-state index in [0.717, 1.165) is 83.0 Å². The molecule has 0 saturated carbocycles. The van der Waals surface area contributed by atoms with Crippen molar-refractivity contribution in [2.75, 3.05) is 13.2 Å². The van der Waals surface area contributed by atoms with E-state index in [4.69, 9.17) is 9.47 Å². The lowest BCUT2D eigenvalue weighted by Crippen LogP contribution is -2.28. The van der Waals surface area contributed by atoms with Gasteiger partial charge in [0.2, 0.25) is 0 Å². The van der Waals surface area contributed by atoms with E-state index in [2.05, 4.69) is 26.8 Å². The van der Waals surface area contributed by atoms with E-state index in [1.54, 1.807) is 6.08 Å². The highest BCUT2D eigenvalue weighted by molar-refractivity contribution is 5.89. The molecule has 0 rings (SSSR count). The highest BCUT2D eigenvalue weighted by atomic mass is 16.6. The topological polar surface area (TPSA) is 89.9 Å². The first kappa shape index (κ1) is 47.0. The van der Waals surface area contributed by atoms with Gasteiger partial charge in [0.25, 0.3) is 0 Å². The molecule has 0 bridgehead atoms. The Bertz CT molecular complexity index is 817. The second kappa shape index (κ2) is 37.3. The van der Waals surface area contributed by atoms with E-state index in [9.17, 15) is 19.5 Å². The van der Waals surface area contributed by atoms with Crippen molar-refractivity contribution in [1.29, 1.82) is 0 Å². The molecule has 0 aromatic carbocycles. The summed E-state index contributed by atoms with van der Waals surface area (Å²) in [5, 5.41) is 9.55. The first-order valence-electron chi connectivity index (χ1n) is 20.7. The van der Waals surface area contributed by atoms with Crippen LogP contribution >= 0.6 is 0 Å². The lowest BCUT2D eigenvalue weighted by molar-refractivity contribution is -0.161. The minimum absolute atomic E-state index is 0.0881. The highest BCUT2D eigenvalue weighted by Crippen LogP contribution is 2.16. The number of carbonyl (C=O) groups is 3. The molecule has 6 heteroatoms. The number of hydrogen-bond acceptors (Lipinski definition) is 6. The number of esters is 2. The van der Waals surface area contributed by atoms with Crippen LogP contribution in [0.5, 0.6) is 0 Å². The van der Waals surface area contributed by atoms with Gasteiger partial charge < -0.3 is 14.6 Å². The van der Waals surface area contributed by atoms with Gasteiger partial charge in [0.1, 0.15) is 6.61 Å². The minimum Gasteiger partial charge on any atom is -0.462 e. The van der Waals surface area contributed by atoms with Gasteiger partial charge in [0, 0.05) is 19.3 Å². The lowest BCUT2D eigenvalue weighted by Gasteiger charge is -2.15. The third kappa shape index (κ3) is 37.1. The Kier molecular flexibility index (Phi) is 35.8. The van der Waals surface area contributed by atoms with Crippen molar-refractivity contribution < 1.29 is 29.0 Å². The average Bonchev–Trinajstić information content (AvgIpc) is 3.08. The largest absolute Gasteiger partial charge is 0.462 e. The van der Waals surface area contributed by atoms with Crippen LogP contribution in [0.2, 0.25) is 0 Å². The second-order valence-electron chi connectivity index (χ2n) is 14.6. The van der Waals surface area contributed by atoms with Crippen molar-refractivity contribution >= 4 is 17.7 Å². The van der Waals surface area contributed by atoms with Crippen LogP contribution in [0.15, 0.2) is 24.3 Å². The fourth-order valence-electron chi connectivity index (χ4n) is 5.96. The van der Waals surface area contributed by atoms with Crippen molar-refractivity contribution in [1.82, 2.24) is 0 Å². The van der Waals surface area contributed by atoms with Gasteiger partial charge >= 0.3 is 11.9 Å². The molecule has 49 heavy (non-hydrogen) atoms. The third-order valence-electron chi connectivity index (χ3n) is 9.15. The van der Waals surface area contributed by atoms with Crippen LogP contribution in [0.1, 0.15) is 207 Å². The number of aliphatic hydroxyl groups excluding tert-OH is 1. The van der Waals surface area contributed by atoms with Crippen molar-refractivity contribution in [3.05, 3.63) is 24.3 Å².